The Morgan fingerprint density at radius 1 is 1.38 bits per heavy atom. The van der Waals surface area contributed by atoms with E-state index in [-0.39, 0.29) is 0 Å². The Labute approximate surface area is 82.8 Å². The highest BCUT2D eigenvalue weighted by atomic mass is 32.8. The summed E-state index contributed by atoms with van der Waals surface area (Å²) >= 11 is 0. The van der Waals surface area contributed by atoms with E-state index in [0.29, 0.717) is 17.3 Å². The van der Waals surface area contributed by atoms with Gasteiger partial charge in [-0.3, -0.25) is 4.21 Å². The standard InChI is InChI=1S/C6H17O4PS2/c1-4-12(10)5-6-13(2,3)11(7,8)9/h4-6H2,1-3H3,(H2,7,8,9). The molecule has 82 valence electrons. The van der Waals surface area contributed by atoms with Crippen LogP contribution < -0.4 is 0 Å². The van der Waals surface area contributed by atoms with Crippen molar-refractivity contribution in [3.05, 3.63) is 0 Å². The van der Waals surface area contributed by atoms with Crippen molar-refractivity contribution in [1.82, 2.24) is 0 Å². The van der Waals surface area contributed by atoms with E-state index in [1.807, 2.05) is 0 Å². The minimum absolute atomic E-state index is 0.373. The smallest absolute Gasteiger partial charge is 0.318 e. The molecular formula is C6H17O4PS2. The third-order valence-electron chi connectivity index (χ3n) is 1.78. The van der Waals surface area contributed by atoms with Gasteiger partial charge in [-0.1, -0.05) is 6.92 Å². The van der Waals surface area contributed by atoms with Crippen LogP contribution in [-0.4, -0.2) is 43.8 Å². The van der Waals surface area contributed by atoms with E-state index < -0.39 is 27.2 Å². The molecule has 0 aromatic carbocycles. The topological polar surface area (TPSA) is 74.6 Å². The first-order chi connectivity index (χ1) is 5.70. The minimum atomic E-state index is -3.99. The summed E-state index contributed by atoms with van der Waals surface area (Å²) in [5.74, 6) is 1.32. The zero-order valence-electron chi connectivity index (χ0n) is 8.10. The van der Waals surface area contributed by atoms with E-state index in [4.69, 9.17) is 9.79 Å². The van der Waals surface area contributed by atoms with Gasteiger partial charge in [-0.2, -0.15) is 0 Å². The van der Waals surface area contributed by atoms with Gasteiger partial charge in [0.25, 0.3) is 0 Å². The first-order valence-electron chi connectivity index (χ1n) is 3.82. The Bertz CT molecular complexity index is 235. The molecule has 2 N–H and O–H groups in total. The highest BCUT2D eigenvalue weighted by Crippen LogP contribution is 2.72. The summed E-state index contributed by atoms with van der Waals surface area (Å²) in [6.45, 7) is -2.18. The second kappa shape index (κ2) is 4.94. The SMILES string of the molecule is CCS(=O)CCS(C)(C)P(=O)(O)O. The maximum absolute atomic E-state index is 11.1. The molecule has 0 heterocycles. The van der Waals surface area contributed by atoms with Crippen molar-refractivity contribution in [2.45, 2.75) is 6.92 Å². The first kappa shape index (κ1) is 13.7. The molecule has 0 aliphatic heterocycles. The summed E-state index contributed by atoms with van der Waals surface area (Å²) in [6, 6.07) is 0. The summed E-state index contributed by atoms with van der Waals surface area (Å²) < 4.78 is 22.0. The van der Waals surface area contributed by atoms with Crippen LogP contribution in [0.3, 0.4) is 0 Å². The van der Waals surface area contributed by atoms with E-state index in [9.17, 15) is 8.77 Å². The van der Waals surface area contributed by atoms with E-state index in [1.54, 1.807) is 19.4 Å². The fourth-order valence-electron chi connectivity index (χ4n) is 0.560. The second-order valence-electron chi connectivity index (χ2n) is 3.11. The lowest BCUT2D eigenvalue weighted by atomic mass is 10.9. The van der Waals surface area contributed by atoms with Gasteiger partial charge in [0.1, 0.15) is 0 Å². The van der Waals surface area contributed by atoms with Crippen molar-refractivity contribution in [3.63, 3.8) is 0 Å². The Balaban J connectivity index is 4.20. The van der Waals surface area contributed by atoms with Crippen LogP contribution in [0.5, 0.6) is 0 Å². The quantitative estimate of drug-likeness (QED) is 0.709. The molecule has 0 spiro atoms. The highest BCUT2D eigenvalue weighted by Gasteiger charge is 2.32. The Kier molecular flexibility index (Phi) is 5.18. The molecule has 1 unspecified atom stereocenters. The van der Waals surface area contributed by atoms with Crippen LogP contribution in [0.4, 0.5) is 0 Å². The molecule has 0 rings (SSSR count). The van der Waals surface area contributed by atoms with Crippen molar-refractivity contribution < 1.29 is 18.6 Å². The van der Waals surface area contributed by atoms with Gasteiger partial charge in [-0.15, -0.1) is 9.65 Å². The maximum Gasteiger partial charge on any atom is 0.366 e. The van der Waals surface area contributed by atoms with Gasteiger partial charge < -0.3 is 9.79 Å². The van der Waals surface area contributed by atoms with E-state index >= 15 is 0 Å². The van der Waals surface area contributed by atoms with Crippen LogP contribution in [0, 0.1) is 0 Å². The van der Waals surface area contributed by atoms with Crippen LogP contribution in [0.2, 0.25) is 0 Å². The largest absolute Gasteiger partial charge is 0.366 e. The van der Waals surface area contributed by atoms with E-state index in [2.05, 4.69) is 0 Å². The third kappa shape index (κ3) is 4.61. The summed E-state index contributed by atoms with van der Waals surface area (Å²) in [5, 5.41) is 0. The summed E-state index contributed by atoms with van der Waals surface area (Å²) in [5.41, 5.74) is 0. The minimum Gasteiger partial charge on any atom is -0.318 e. The molecule has 0 saturated carbocycles. The molecule has 7 heteroatoms. The lowest BCUT2D eigenvalue weighted by Gasteiger charge is -2.31. The van der Waals surface area contributed by atoms with Crippen LogP contribution >= 0.6 is 16.4 Å². The first-order valence-corrected chi connectivity index (χ1v) is 10.1. The van der Waals surface area contributed by atoms with Gasteiger partial charge in [-0.25, -0.2) is 4.57 Å². The van der Waals surface area contributed by atoms with Crippen LogP contribution in [0.25, 0.3) is 0 Å². The number of hydrogen-bond donors (Lipinski definition) is 2. The van der Waals surface area contributed by atoms with Crippen molar-refractivity contribution >= 4 is 27.2 Å². The molecule has 0 fully saturated rings. The predicted octanol–water partition coefficient (Wildman–Crippen LogP) is 0.912. The molecule has 0 saturated heterocycles. The molecule has 0 bridgehead atoms. The molecule has 0 radical (unpaired) electrons. The van der Waals surface area contributed by atoms with Gasteiger partial charge in [0.2, 0.25) is 0 Å². The summed E-state index contributed by atoms with van der Waals surface area (Å²) in [7, 11) is -2.86. The lowest BCUT2D eigenvalue weighted by Crippen LogP contribution is -2.10. The summed E-state index contributed by atoms with van der Waals surface area (Å²) in [4.78, 5) is 18.0. The molecule has 0 amide bonds. The highest BCUT2D eigenvalue weighted by molar-refractivity contribution is 8.76. The molecule has 4 nitrogen and oxygen atoms in total. The van der Waals surface area contributed by atoms with Crippen LogP contribution in [0.15, 0.2) is 0 Å². The Hall–Kier alpha value is 0.650. The van der Waals surface area contributed by atoms with Gasteiger partial charge in [0.15, 0.2) is 0 Å². The average Bonchev–Trinajstić information content (AvgIpc) is 1.98. The zero-order valence-corrected chi connectivity index (χ0v) is 10.6. The molecule has 1 atom stereocenters. The summed E-state index contributed by atoms with van der Waals surface area (Å²) in [6.07, 6.45) is 3.17. The van der Waals surface area contributed by atoms with Gasteiger partial charge >= 0.3 is 6.80 Å². The fraction of sp³-hybridized carbons (Fsp3) is 1.00. The second-order valence-corrected chi connectivity index (χ2v) is 13.7. The Morgan fingerprint density at radius 3 is 2.15 bits per heavy atom. The van der Waals surface area contributed by atoms with Crippen LogP contribution in [-0.2, 0) is 15.4 Å². The number of rotatable bonds is 5. The van der Waals surface area contributed by atoms with Crippen LogP contribution in [0.1, 0.15) is 6.92 Å². The average molecular weight is 248 g/mol. The third-order valence-corrected chi connectivity index (χ3v) is 10.2. The maximum atomic E-state index is 11.1. The van der Waals surface area contributed by atoms with Crippen molar-refractivity contribution in [2.24, 2.45) is 0 Å². The normalized spacial score (nSPS) is 17.0. The predicted molar refractivity (Wildman–Crippen MR) is 59.9 cm³/mol. The molecule has 0 aromatic rings. The molecule has 0 aliphatic carbocycles. The van der Waals surface area contributed by atoms with Gasteiger partial charge in [0.05, 0.1) is 0 Å². The fourth-order valence-corrected chi connectivity index (χ4v) is 4.85. The molecule has 13 heavy (non-hydrogen) atoms. The van der Waals surface area contributed by atoms with Crippen molar-refractivity contribution in [3.8, 4) is 0 Å². The van der Waals surface area contributed by atoms with E-state index in [1.165, 1.54) is 0 Å². The zero-order chi connectivity index (χ0) is 10.7. The van der Waals surface area contributed by atoms with Crippen molar-refractivity contribution in [1.29, 1.82) is 0 Å². The Morgan fingerprint density at radius 2 is 1.85 bits per heavy atom. The monoisotopic (exact) mass is 248 g/mol. The van der Waals surface area contributed by atoms with Gasteiger partial charge in [-0.05, 0) is 18.3 Å². The molecule has 0 aliphatic rings. The van der Waals surface area contributed by atoms with E-state index in [0.717, 1.165) is 0 Å². The van der Waals surface area contributed by atoms with Gasteiger partial charge in [0, 0.05) is 22.3 Å². The lowest BCUT2D eigenvalue weighted by molar-refractivity contribution is 0.395. The molecular weight excluding hydrogens is 231 g/mol. The number of hydrogen-bond acceptors (Lipinski definition) is 2. The van der Waals surface area contributed by atoms with Crippen molar-refractivity contribution in [2.75, 3.05) is 29.8 Å². The molecule has 0 aromatic heterocycles.